The summed E-state index contributed by atoms with van der Waals surface area (Å²) in [5.41, 5.74) is 0. The topological polar surface area (TPSA) is 199 Å². The van der Waals surface area contributed by atoms with Crippen molar-refractivity contribution in [2.75, 3.05) is 144 Å². The summed E-state index contributed by atoms with van der Waals surface area (Å²) in [5, 5.41) is 20.2. The number of carbonyl (C=O) groups is 6. The summed E-state index contributed by atoms with van der Waals surface area (Å²) >= 11 is 0. The molecule has 0 bridgehead atoms. The van der Waals surface area contributed by atoms with Crippen molar-refractivity contribution in [2.24, 2.45) is 0 Å². The third-order valence-corrected chi connectivity index (χ3v) is 18.1. The van der Waals surface area contributed by atoms with Gasteiger partial charge in [-0.3, -0.25) is 48.4 Å². The first-order chi connectivity index (χ1) is 45.9. The van der Waals surface area contributed by atoms with Crippen LogP contribution in [0.1, 0.15) is 311 Å². The molecule has 0 aromatic heterocycles. The Morgan fingerprint density at radius 2 is 0.447 bits per heavy atom. The minimum Gasteiger partial charge on any atom is -0.465 e. The van der Waals surface area contributed by atoms with E-state index in [1.54, 1.807) is 19.6 Å². The SMILES string of the molecule is CCCCCCCCCCCCOC(=O)CN(CCN(CC)C(=O)CCN(CCO)CCN(CCO)CCC(=O)N(CC)CCN(CC(=O)OCCCCCCCCCCCC)CC(=O)OCCCCCCCCCCCC)CC(=O)OCCCCCCCCCCCC. The number of rotatable bonds is 73. The van der Waals surface area contributed by atoms with Crippen LogP contribution in [0.5, 0.6) is 0 Å². The number of carbonyl (C=O) groups excluding carboxylic acids is 6. The number of hydrogen-bond acceptors (Lipinski definition) is 16. The molecular weight excluding hydrogens is 1190 g/mol. The molecule has 0 aromatic carbocycles. The number of nitrogens with zero attached hydrogens (tertiary/aromatic N) is 6. The summed E-state index contributed by atoms with van der Waals surface area (Å²) < 4.78 is 22.6. The van der Waals surface area contributed by atoms with E-state index in [0.29, 0.717) is 91.9 Å². The molecule has 0 radical (unpaired) electrons. The fraction of sp³-hybridized carbons (Fsp3) is 0.921. The van der Waals surface area contributed by atoms with Crippen LogP contribution in [-0.2, 0) is 47.7 Å². The fourth-order valence-electron chi connectivity index (χ4n) is 11.9. The van der Waals surface area contributed by atoms with E-state index < -0.39 is 23.9 Å². The lowest BCUT2D eigenvalue weighted by molar-refractivity contribution is -0.151. The first kappa shape index (κ1) is 90.6. The molecule has 554 valence electrons. The lowest BCUT2D eigenvalue weighted by Gasteiger charge is -2.29. The molecule has 0 aromatic rings. The summed E-state index contributed by atoms with van der Waals surface area (Å²) in [5.74, 6) is -1.76. The molecule has 94 heavy (non-hydrogen) atoms. The number of ether oxygens (including phenoxy) is 4. The second-order valence-electron chi connectivity index (χ2n) is 26.6. The molecule has 0 atom stereocenters. The Balaban J connectivity index is 5.53. The van der Waals surface area contributed by atoms with E-state index in [9.17, 15) is 39.0 Å². The molecule has 2 amide bonds. The van der Waals surface area contributed by atoms with Gasteiger partial charge in [0.15, 0.2) is 0 Å². The predicted molar refractivity (Wildman–Crippen MR) is 385 cm³/mol. The Hall–Kier alpha value is -3.42. The van der Waals surface area contributed by atoms with Crippen molar-refractivity contribution < 1.29 is 57.9 Å². The second-order valence-corrected chi connectivity index (χ2v) is 26.6. The maximum absolute atomic E-state index is 13.8. The summed E-state index contributed by atoms with van der Waals surface area (Å²) in [6, 6.07) is 0. The zero-order valence-corrected chi connectivity index (χ0v) is 61.9. The first-order valence-electron chi connectivity index (χ1n) is 39.2. The van der Waals surface area contributed by atoms with Crippen LogP contribution in [0.2, 0.25) is 0 Å². The van der Waals surface area contributed by atoms with Gasteiger partial charge in [0.1, 0.15) is 0 Å². The van der Waals surface area contributed by atoms with Crippen molar-refractivity contribution in [3.8, 4) is 0 Å². The number of unbranched alkanes of at least 4 members (excludes halogenated alkanes) is 36. The molecule has 0 fully saturated rings. The lowest BCUT2D eigenvalue weighted by Crippen LogP contribution is -2.44. The highest BCUT2D eigenvalue weighted by atomic mass is 16.5. The largest absolute Gasteiger partial charge is 0.465 e. The average Bonchev–Trinajstić information content (AvgIpc) is 2.59. The lowest BCUT2D eigenvalue weighted by atomic mass is 10.1. The Labute approximate surface area is 576 Å². The van der Waals surface area contributed by atoms with Crippen LogP contribution in [0.15, 0.2) is 0 Å². The van der Waals surface area contributed by atoms with Crippen LogP contribution in [0.3, 0.4) is 0 Å². The van der Waals surface area contributed by atoms with Gasteiger partial charge in [-0.15, -0.1) is 0 Å². The Morgan fingerprint density at radius 3 is 0.649 bits per heavy atom. The van der Waals surface area contributed by atoms with Crippen LogP contribution in [0.4, 0.5) is 0 Å². The number of aliphatic hydroxyl groups excluding tert-OH is 2. The highest BCUT2D eigenvalue weighted by molar-refractivity contribution is 5.78. The van der Waals surface area contributed by atoms with Crippen molar-refractivity contribution in [1.29, 1.82) is 0 Å². The van der Waals surface area contributed by atoms with Gasteiger partial charge >= 0.3 is 23.9 Å². The minimum absolute atomic E-state index is 0.0821. The van der Waals surface area contributed by atoms with Crippen LogP contribution in [0, 0.1) is 0 Å². The normalized spacial score (nSPS) is 11.6. The molecule has 0 aliphatic rings. The molecule has 18 nitrogen and oxygen atoms in total. The van der Waals surface area contributed by atoms with Gasteiger partial charge in [-0.2, -0.15) is 0 Å². The monoisotopic (exact) mass is 1340 g/mol. The fourth-order valence-corrected chi connectivity index (χ4v) is 11.9. The molecule has 0 aliphatic heterocycles. The van der Waals surface area contributed by atoms with Crippen LogP contribution in [-0.4, -0.2) is 220 Å². The van der Waals surface area contributed by atoms with Gasteiger partial charge in [0, 0.05) is 91.4 Å². The highest BCUT2D eigenvalue weighted by Crippen LogP contribution is 2.15. The maximum atomic E-state index is 13.8. The second kappa shape index (κ2) is 69.5. The van der Waals surface area contributed by atoms with Gasteiger partial charge in [-0.25, -0.2) is 0 Å². The molecule has 0 aliphatic carbocycles. The Bertz CT molecular complexity index is 1550. The minimum atomic E-state index is -0.397. The van der Waals surface area contributed by atoms with E-state index >= 15 is 0 Å². The molecule has 0 unspecified atom stereocenters. The maximum Gasteiger partial charge on any atom is 0.320 e. The number of hydrogen-bond donors (Lipinski definition) is 2. The third-order valence-electron chi connectivity index (χ3n) is 18.1. The van der Waals surface area contributed by atoms with Gasteiger partial charge in [-0.05, 0) is 39.5 Å². The first-order valence-corrected chi connectivity index (χ1v) is 39.2. The highest BCUT2D eigenvalue weighted by Gasteiger charge is 2.23. The number of likely N-dealkylation sites (N-methyl/N-ethyl adjacent to an activating group) is 2. The van der Waals surface area contributed by atoms with Gasteiger partial charge in [0.2, 0.25) is 11.8 Å². The van der Waals surface area contributed by atoms with E-state index in [4.69, 9.17) is 18.9 Å². The molecule has 0 spiro atoms. The van der Waals surface area contributed by atoms with E-state index in [2.05, 4.69) is 27.7 Å². The van der Waals surface area contributed by atoms with Gasteiger partial charge in [0.05, 0.1) is 65.8 Å². The molecule has 0 heterocycles. The number of esters is 4. The quantitative estimate of drug-likeness (QED) is 0.0331. The van der Waals surface area contributed by atoms with E-state index in [1.165, 1.54) is 180 Å². The van der Waals surface area contributed by atoms with Crippen molar-refractivity contribution in [3.63, 3.8) is 0 Å². The van der Waals surface area contributed by atoms with Crippen molar-refractivity contribution in [2.45, 2.75) is 311 Å². The summed E-state index contributed by atoms with van der Waals surface area (Å²) in [6.45, 7) is 18.0. The predicted octanol–water partition coefficient (Wildman–Crippen LogP) is 14.5. The Morgan fingerprint density at radius 1 is 0.245 bits per heavy atom. The van der Waals surface area contributed by atoms with Crippen LogP contribution < -0.4 is 0 Å². The molecular formula is C76H148N6O12. The van der Waals surface area contributed by atoms with E-state index in [1.807, 2.05) is 23.6 Å². The van der Waals surface area contributed by atoms with Gasteiger partial charge in [-0.1, -0.05) is 259 Å². The summed E-state index contributed by atoms with van der Waals surface area (Å²) in [7, 11) is 0. The van der Waals surface area contributed by atoms with Crippen molar-refractivity contribution in [1.82, 2.24) is 29.4 Å². The Kier molecular flexibility index (Phi) is 67.0. The van der Waals surface area contributed by atoms with Crippen molar-refractivity contribution >= 4 is 35.7 Å². The number of amides is 2. The zero-order valence-electron chi connectivity index (χ0n) is 61.9. The van der Waals surface area contributed by atoms with E-state index in [-0.39, 0.29) is 77.1 Å². The third kappa shape index (κ3) is 58.7. The molecule has 2 N–H and O–H groups in total. The van der Waals surface area contributed by atoms with Gasteiger partial charge < -0.3 is 39.0 Å². The van der Waals surface area contributed by atoms with Crippen LogP contribution >= 0.6 is 0 Å². The van der Waals surface area contributed by atoms with Crippen molar-refractivity contribution in [3.05, 3.63) is 0 Å². The molecule has 0 saturated carbocycles. The molecule has 0 rings (SSSR count). The molecule has 18 heteroatoms. The average molecular weight is 1340 g/mol. The summed E-state index contributed by atoms with van der Waals surface area (Å²) in [6.07, 6.45) is 47.6. The van der Waals surface area contributed by atoms with E-state index in [0.717, 1.165) is 77.0 Å². The number of aliphatic hydroxyl groups is 2. The standard InChI is InChI=1S/C76H148N6O12/c1-7-13-17-21-25-29-33-37-41-45-63-91-73(87)67-79(68-74(88)92-64-46-42-38-34-30-26-22-18-14-8-2)55-57-81(11-5)71(85)49-51-77(59-61-83)53-54-78(60-62-84)52-50-72(86)82(12-6)58-56-80(69-75(89)93-65-47-43-39-35-31-27-23-19-15-9-3)70-76(90)94-66-48-44-40-36-32-28-24-20-16-10-4/h83-84H,7-70H2,1-6H3. The summed E-state index contributed by atoms with van der Waals surface area (Å²) in [4.78, 5) is 91.3. The zero-order chi connectivity index (χ0) is 69.0. The van der Waals surface area contributed by atoms with Crippen LogP contribution in [0.25, 0.3) is 0 Å². The smallest absolute Gasteiger partial charge is 0.320 e. The molecule has 0 saturated heterocycles. The van der Waals surface area contributed by atoms with Gasteiger partial charge in [0.25, 0.3) is 0 Å².